The van der Waals surface area contributed by atoms with E-state index < -0.39 is 0 Å². The van der Waals surface area contributed by atoms with Crippen LogP contribution in [-0.2, 0) is 0 Å². The van der Waals surface area contributed by atoms with E-state index >= 15 is 0 Å². The number of fused-ring (bicyclic) bond motifs is 1. The molecule has 6 heteroatoms. The molecule has 0 spiro atoms. The Kier molecular flexibility index (Phi) is 3.69. The summed E-state index contributed by atoms with van der Waals surface area (Å²) in [7, 11) is 3.98. The lowest BCUT2D eigenvalue weighted by Gasteiger charge is -2.20. The van der Waals surface area contributed by atoms with Gasteiger partial charge in [-0.3, -0.25) is 5.41 Å². The number of aliphatic hydroxyl groups is 1. The number of thiazole rings is 1. The number of aliphatic hydroxyl groups excluding tert-OH is 1. The third kappa shape index (κ3) is 2.64. The quantitative estimate of drug-likeness (QED) is 0.745. The van der Waals surface area contributed by atoms with E-state index in [4.69, 9.17) is 5.41 Å². The van der Waals surface area contributed by atoms with Crippen molar-refractivity contribution in [3.05, 3.63) is 59.3 Å². The van der Waals surface area contributed by atoms with Gasteiger partial charge in [0.05, 0.1) is 22.3 Å². The highest BCUT2D eigenvalue weighted by Gasteiger charge is 2.31. The molecule has 4 rings (SSSR count). The van der Waals surface area contributed by atoms with E-state index in [2.05, 4.69) is 4.98 Å². The van der Waals surface area contributed by atoms with Gasteiger partial charge < -0.3 is 14.9 Å². The number of hydrogen-bond donors (Lipinski definition) is 2. The summed E-state index contributed by atoms with van der Waals surface area (Å²) in [5.74, 6) is 0.481. The number of para-hydroxylation sites is 1. The molecule has 0 atom stereocenters. The topological polar surface area (TPSA) is 63.5 Å². The van der Waals surface area contributed by atoms with Crippen molar-refractivity contribution in [1.29, 1.82) is 5.41 Å². The second-order valence-electron chi connectivity index (χ2n) is 6.15. The van der Waals surface area contributed by atoms with Crippen molar-refractivity contribution >= 4 is 44.3 Å². The molecule has 0 saturated heterocycles. The molecule has 2 heterocycles. The average molecular weight is 350 g/mol. The molecule has 0 bridgehead atoms. The normalized spacial score (nSPS) is 14.6. The van der Waals surface area contributed by atoms with Crippen LogP contribution in [-0.4, -0.2) is 36.6 Å². The maximum atomic E-state index is 10.5. The van der Waals surface area contributed by atoms with Crippen LogP contribution in [0.25, 0.3) is 15.8 Å². The predicted octanol–water partition coefficient (Wildman–Crippen LogP) is 4.13. The highest BCUT2D eigenvalue weighted by molar-refractivity contribution is 7.19. The number of hydrogen-bond acceptors (Lipinski definition) is 5. The van der Waals surface area contributed by atoms with Crippen molar-refractivity contribution in [3.8, 4) is 0 Å². The number of benzene rings is 2. The first-order valence-corrected chi connectivity index (χ1v) is 8.78. The minimum absolute atomic E-state index is 0.195. The zero-order chi connectivity index (χ0) is 17.6. The van der Waals surface area contributed by atoms with Gasteiger partial charge in [-0.1, -0.05) is 12.1 Å². The van der Waals surface area contributed by atoms with Crippen LogP contribution >= 0.6 is 11.3 Å². The van der Waals surface area contributed by atoms with Crippen LogP contribution in [0, 0.1) is 5.41 Å². The summed E-state index contributed by atoms with van der Waals surface area (Å²) in [6.45, 7) is 0.297. The van der Waals surface area contributed by atoms with Crippen molar-refractivity contribution in [1.82, 2.24) is 4.98 Å². The molecule has 126 valence electrons. The maximum Gasteiger partial charge on any atom is 0.139 e. The van der Waals surface area contributed by atoms with E-state index in [1.54, 1.807) is 4.90 Å². The molecule has 2 N–H and O–H groups in total. The Morgan fingerprint density at radius 2 is 1.84 bits per heavy atom. The van der Waals surface area contributed by atoms with Gasteiger partial charge >= 0.3 is 0 Å². The van der Waals surface area contributed by atoms with Crippen LogP contribution in [0.15, 0.2) is 54.3 Å². The van der Waals surface area contributed by atoms with Gasteiger partial charge in [-0.25, -0.2) is 4.98 Å². The third-order valence-electron chi connectivity index (χ3n) is 4.29. The first-order chi connectivity index (χ1) is 12.0. The van der Waals surface area contributed by atoms with E-state index in [0.717, 1.165) is 21.6 Å². The molecule has 3 aromatic rings. The maximum absolute atomic E-state index is 10.5. The second kappa shape index (κ2) is 5.89. The molecule has 0 unspecified atom stereocenters. The van der Waals surface area contributed by atoms with Gasteiger partial charge in [0.15, 0.2) is 0 Å². The second-order valence-corrected chi connectivity index (χ2v) is 7.18. The predicted molar refractivity (Wildman–Crippen MR) is 105 cm³/mol. The molecular weight excluding hydrogens is 332 g/mol. The fraction of sp³-hybridized carbons (Fsp3) is 0.158. The molecule has 0 aliphatic carbocycles. The number of amidine groups is 1. The van der Waals surface area contributed by atoms with Gasteiger partial charge in [-0.15, -0.1) is 11.3 Å². The molecule has 0 radical (unpaired) electrons. The monoisotopic (exact) mass is 350 g/mol. The van der Waals surface area contributed by atoms with E-state index in [0.29, 0.717) is 17.1 Å². The Hall–Kier alpha value is -2.86. The molecular formula is C19H18N4OS. The van der Waals surface area contributed by atoms with Gasteiger partial charge in [0.1, 0.15) is 16.6 Å². The molecule has 2 aromatic carbocycles. The minimum Gasteiger partial charge on any atom is -0.510 e. The van der Waals surface area contributed by atoms with Gasteiger partial charge in [0.25, 0.3) is 0 Å². The molecule has 0 saturated carbocycles. The molecule has 1 aliphatic heterocycles. The molecule has 25 heavy (non-hydrogen) atoms. The Labute approximate surface area is 150 Å². The van der Waals surface area contributed by atoms with Crippen molar-refractivity contribution in [3.63, 3.8) is 0 Å². The van der Waals surface area contributed by atoms with Gasteiger partial charge in [-0.2, -0.15) is 0 Å². The summed E-state index contributed by atoms with van der Waals surface area (Å²) in [5.41, 5.74) is 3.40. The summed E-state index contributed by atoms with van der Waals surface area (Å²) in [6, 6.07) is 15.8. The Bertz CT molecular complexity index is 955. The molecule has 0 fully saturated rings. The SMILES string of the molecule is CN(C)c1ccc(N2CC(O)=C(c3nc4ccccc4s3)C2=N)cc1. The Balaban J connectivity index is 1.67. The standard InChI is InChI=1S/C19H18N4OS/c1-22(2)12-7-9-13(10-8-12)23-11-15(24)17(18(23)20)19-21-14-5-3-4-6-16(14)25-19/h3-10,20,24H,11H2,1-2H3. The van der Waals surface area contributed by atoms with Crippen molar-refractivity contribution < 1.29 is 5.11 Å². The average Bonchev–Trinajstić information content (AvgIpc) is 3.15. The highest BCUT2D eigenvalue weighted by atomic mass is 32.1. The lowest BCUT2D eigenvalue weighted by molar-refractivity contribution is 0.411. The number of anilines is 2. The zero-order valence-electron chi connectivity index (χ0n) is 14.0. The molecule has 0 amide bonds. The van der Waals surface area contributed by atoms with Gasteiger partial charge in [-0.05, 0) is 36.4 Å². The third-order valence-corrected chi connectivity index (χ3v) is 5.34. The summed E-state index contributed by atoms with van der Waals surface area (Å²) < 4.78 is 1.05. The number of aromatic nitrogens is 1. The molecule has 1 aromatic heterocycles. The molecule has 5 nitrogen and oxygen atoms in total. The van der Waals surface area contributed by atoms with Crippen molar-refractivity contribution in [2.45, 2.75) is 0 Å². The van der Waals surface area contributed by atoms with E-state index in [-0.39, 0.29) is 11.6 Å². The van der Waals surface area contributed by atoms with Crippen LogP contribution < -0.4 is 9.80 Å². The Morgan fingerprint density at radius 1 is 1.12 bits per heavy atom. The fourth-order valence-corrected chi connectivity index (χ4v) is 3.97. The minimum atomic E-state index is 0.195. The first kappa shape index (κ1) is 15.7. The highest BCUT2D eigenvalue weighted by Crippen LogP contribution is 2.35. The van der Waals surface area contributed by atoms with Crippen LogP contribution in [0.3, 0.4) is 0 Å². The summed E-state index contributed by atoms with van der Waals surface area (Å²) >= 11 is 1.50. The van der Waals surface area contributed by atoms with E-state index in [1.165, 1.54) is 11.3 Å². The number of nitrogens with one attached hydrogen (secondary N) is 1. The summed E-state index contributed by atoms with van der Waals surface area (Å²) in [4.78, 5) is 8.42. The first-order valence-electron chi connectivity index (χ1n) is 7.96. The summed E-state index contributed by atoms with van der Waals surface area (Å²) in [6.07, 6.45) is 0. The van der Waals surface area contributed by atoms with Crippen molar-refractivity contribution in [2.75, 3.05) is 30.4 Å². The van der Waals surface area contributed by atoms with Gasteiger partial charge in [0.2, 0.25) is 0 Å². The van der Waals surface area contributed by atoms with Crippen LogP contribution in [0.1, 0.15) is 5.01 Å². The smallest absolute Gasteiger partial charge is 0.139 e. The fourth-order valence-electron chi connectivity index (χ4n) is 2.93. The Morgan fingerprint density at radius 3 is 2.52 bits per heavy atom. The number of nitrogens with zero attached hydrogens (tertiary/aromatic N) is 3. The van der Waals surface area contributed by atoms with Crippen LogP contribution in [0.5, 0.6) is 0 Å². The molecule has 1 aliphatic rings. The summed E-state index contributed by atoms with van der Waals surface area (Å²) in [5, 5.41) is 19.7. The van der Waals surface area contributed by atoms with Crippen molar-refractivity contribution in [2.24, 2.45) is 0 Å². The zero-order valence-corrected chi connectivity index (χ0v) is 14.8. The lowest BCUT2D eigenvalue weighted by Crippen LogP contribution is -2.26. The largest absolute Gasteiger partial charge is 0.510 e. The van der Waals surface area contributed by atoms with E-state index in [9.17, 15) is 5.11 Å². The lowest BCUT2D eigenvalue weighted by atomic mass is 10.2. The van der Waals surface area contributed by atoms with Crippen LogP contribution in [0.2, 0.25) is 0 Å². The number of rotatable bonds is 3. The van der Waals surface area contributed by atoms with Gasteiger partial charge in [0, 0.05) is 25.5 Å². The van der Waals surface area contributed by atoms with Crippen LogP contribution in [0.4, 0.5) is 11.4 Å². The van der Waals surface area contributed by atoms with E-state index in [1.807, 2.05) is 67.5 Å².